The van der Waals surface area contributed by atoms with Crippen LogP contribution in [-0.2, 0) is 4.79 Å². The number of likely N-dealkylation sites (N-methyl/N-ethyl adjacent to an activating group) is 1. The fourth-order valence-electron chi connectivity index (χ4n) is 2.43. The van der Waals surface area contributed by atoms with Crippen LogP contribution in [0.3, 0.4) is 0 Å². The molecule has 2 aliphatic heterocycles. The van der Waals surface area contributed by atoms with E-state index in [1.54, 1.807) is 0 Å². The van der Waals surface area contributed by atoms with Crippen LogP contribution in [0.25, 0.3) is 0 Å². The van der Waals surface area contributed by atoms with E-state index in [2.05, 4.69) is 10.2 Å². The molecule has 0 radical (unpaired) electrons. The van der Waals surface area contributed by atoms with E-state index in [4.69, 9.17) is 0 Å². The molecule has 2 fully saturated rings. The van der Waals surface area contributed by atoms with E-state index in [1.165, 1.54) is 24.3 Å². The quantitative estimate of drug-likeness (QED) is 0.780. The minimum Gasteiger partial charge on any atom is -0.341 e. The molecule has 1 unspecified atom stereocenters. The van der Waals surface area contributed by atoms with Crippen LogP contribution >= 0.6 is 11.8 Å². The lowest BCUT2D eigenvalue weighted by atomic mass is 10.0. The van der Waals surface area contributed by atoms with Gasteiger partial charge in [0.1, 0.15) is 0 Å². The summed E-state index contributed by atoms with van der Waals surface area (Å²) >= 11 is 2.05. The molecular weight excluding hydrogens is 208 g/mol. The third-order valence-corrected chi connectivity index (χ3v) is 4.51. The van der Waals surface area contributed by atoms with E-state index in [0.29, 0.717) is 5.91 Å². The Kier molecular flexibility index (Phi) is 3.92. The molecule has 0 bridgehead atoms. The zero-order valence-electron chi connectivity index (χ0n) is 9.37. The van der Waals surface area contributed by atoms with Crippen molar-refractivity contribution in [3.8, 4) is 0 Å². The van der Waals surface area contributed by atoms with Crippen molar-refractivity contribution < 1.29 is 4.79 Å². The molecule has 15 heavy (non-hydrogen) atoms. The van der Waals surface area contributed by atoms with Gasteiger partial charge in [0.05, 0.1) is 6.04 Å². The van der Waals surface area contributed by atoms with Crippen molar-refractivity contribution in [1.29, 1.82) is 0 Å². The Bertz CT molecular complexity index is 229. The van der Waals surface area contributed by atoms with Gasteiger partial charge in [-0.3, -0.25) is 4.79 Å². The molecular formula is C11H20N2OS. The molecule has 0 aromatic heterocycles. The molecule has 0 aromatic rings. The smallest absolute Gasteiger partial charge is 0.239 e. The molecule has 2 heterocycles. The first kappa shape index (κ1) is 11.3. The number of carbonyl (C=O) groups excluding carboxylic acids is 1. The maximum absolute atomic E-state index is 11.9. The van der Waals surface area contributed by atoms with Crippen molar-refractivity contribution in [1.82, 2.24) is 10.2 Å². The Morgan fingerprint density at radius 1 is 1.40 bits per heavy atom. The summed E-state index contributed by atoms with van der Waals surface area (Å²) in [6.45, 7) is 1.95. The van der Waals surface area contributed by atoms with Crippen molar-refractivity contribution in [3.63, 3.8) is 0 Å². The minimum absolute atomic E-state index is 0.0861. The molecule has 2 aliphatic rings. The molecule has 3 nitrogen and oxygen atoms in total. The van der Waals surface area contributed by atoms with Crippen LogP contribution in [0.15, 0.2) is 0 Å². The molecule has 1 amide bonds. The number of likely N-dealkylation sites (tertiary alicyclic amines) is 1. The highest BCUT2D eigenvalue weighted by molar-refractivity contribution is 7.99. The van der Waals surface area contributed by atoms with E-state index >= 15 is 0 Å². The Morgan fingerprint density at radius 3 is 2.73 bits per heavy atom. The zero-order valence-corrected chi connectivity index (χ0v) is 10.2. The lowest BCUT2D eigenvalue weighted by Gasteiger charge is -2.26. The number of hydrogen-bond acceptors (Lipinski definition) is 3. The lowest BCUT2D eigenvalue weighted by Crippen LogP contribution is -2.39. The Morgan fingerprint density at radius 2 is 2.13 bits per heavy atom. The van der Waals surface area contributed by atoms with Crippen LogP contribution in [0.1, 0.15) is 19.3 Å². The Hall–Kier alpha value is -0.220. The summed E-state index contributed by atoms with van der Waals surface area (Å²) in [4.78, 5) is 13.9. The van der Waals surface area contributed by atoms with Crippen LogP contribution < -0.4 is 5.32 Å². The average Bonchev–Trinajstić information content (AvgIpc) is 2.62. The highest BCUT2D eigenvalue weighted by Crippen LogP contribution is 2.25. The van der Waals surface area contributed by atoms with Crippen molar-refractivity contribution in [3.05, 3.63) is 0 Å². The van der Waals surface area contributed by atoms with Gasteiger partial charge >= 0.3 is 0 Å². The van der Waals surface area contributed by atoms with Gasteiger partial charge in [0.25, 0.3) is 0 Å². The average molecular weight is 228 g/mol. The van der Waals surface area contributed by atoms with Crippen LogP contribution in [-0.4, -0.2) is 48.5 Å². The van der Waals surface area contributed by atoms with Gasteiger partial charge < -0.3 is 10.2 Å². The molecule has 0 aromatic carbocycles. The third kappa shape index (κ3) is 2.67. The van der Waals surface area contributed by atoms with Gasteiger partial charge in [-0.15, -0.1) is 0 Å². The normalized spacial score (nSPS) is 28.7. The molecule has 1 atom stereocenters. The Labute approximate surface area is 96.0 Å². The zero-order chi connectivity index (χ0) is 10.7. The summed E-state index contributed by atoms with van der Waals surface area (Å²) in [6.07, 6.45) is 3.56. The highest BCUT2D eigenvalue weighted by Gasteiger charge is 2.31. The van der Waals surface area contributed by atoms with E-state index in [0.717, 1.165) is 25.4 Å². The number of nitrogens with zero attached hydrogens (tertiary/aromatic N) is 1. The summed E-state index contributed by atoms with van der Waals surface area (Å²) in [5.74, 6) is 3.63. The second kappa shape index (κ2) is 5.21. The first-order valence-corrected chi connectivity index (χ1v) is 7.00. The van der Waals surface area contributed by atoms with Gasteiger partial charge in [-0.25, -0.2) is 0 Å². The van der Waals surface area contributed by atoms with Gasteiger partial charge in [-0.05, 0) is 43.7 Å². The number of nitrogens with one attached hydrogen (secondary N) is 1. The van der Waals surface area contributed by atoms with Crippen molar-refractivity contribution in [2.75, 3.05) is 31.6 Å². The highest BCUT2D eigenvalue weighted by atomic mass is 32.2. The molecule has 0 saturated carbocycles. The minimum atomic E-state index is 0.0861. The van der Waals surface area contributed by atoms with Crippen LogP contribution in [0.2, 0.25) is 0 Å². The molecule has 2 rings (SSSR count). The number of hydrogen-bond donors (Lipinski definition) is 1. The first-order valence-electron chi connectivity index (χ1n) is 5.85. The fourth-order valence-corrected chi connectivity index (χ4v) is 3.63. The molecule has 1 N–H and O–H groups in total. The number of carbonyl (C=O) groups is 1. The number of thioether (sulfide) groups is 1. The van der Waals surface area contributed by atoms with E-state index in [1.807, 2.05) is 18.8 Å². The van der Waals surface area contributed by atoms with Gasteiger partial charge in [0.2, 0.25) is 5.91 Å². The number of rotatable bonds is 3. The van der Waals surface area contributed by atoms with Gasteiger partial charge in [0, 0.05) is 13.1 Å². The van der Waals surface area contributed by atoms with E-state index < -0.39 is 0 Å². The van der Waals surface area contributed by atoms with E-state index in [-0.39, 0.29) is 6.04 Å². The molecule has 2 saturated heterocycles. The standard InChI is InChI=1S/C11H20N2OS/c1-12-10-2-5-13(11(10)14)8-9-3-6-15-7-4-9/h9-10,12H,2-8H2,1H3. The summed E-state index contributed by atoms with van der Waals surface area (Å²) in [7, 11) is 1.88. The lowest BCUT2D eigenvalue weighted by molar-refractivity contribution is -0.129. The SMILES string of the molecule is CNC1CCN(CC2CCSCC2)C1=O. The van der Waals surface area contributed by atoms with Gasteiger partial charge in [-0.1, -0.05) is 0 Å². The first-order chi connectivity index (χ1) is 7.31. The fraction of sp³-hybridized carbons (Fsp3) is 0.909. The topological polar surface area (TPSA) is 32.3 Å². The second-order valence-corrected chi connectivity index (χ2v) is 5.69. The summed E-state index contributed by atoms with van der Waals surface area (Å²) in [6, 6.07) is 0.0861. The summed E-state index contributed by atoms with van der Waals surface area (Å²) < 4.78 is 0. The Balaban J connectivity index is 1.82. The van der Waals surface area contributed by atoms with Crippen LogP contribution in [0, 0.1) is 5.92 Å². The van der Waals surface area contributed by atoms with E-state index in [9.17, 15) is 4.79 Å². The predicted molar refractivity (Wildman–Crippen MR) is 64.1 cm³/mol. The van der Waals surface area contributed by atoms with Gasteiger partial charge in [-0.2, -0.15) is 11.8 Å². The maximum Gasteiger partial charge on any atom is 0.239 e. The third-order valence-electron chi connectivity index (χ3n) is 3.47. The van der Waals surface area contributed by atoms with Crippen LogP contribution in [0.4, 0.5) is 0 Å². The molecule has 86 valence electrons. The molecule has 0 spiro atoms. The predicted octanol–water partition coefficient (Wildman–Crippen LogP) is 0.950. The van der Waals surface area contributed by atoms with Crippen molar-refractivity contribution in [2.24, 2.45) is 5.92 Å². The monoisotopic (exact) mass is 228 g/mol. The summed E-state index contributed by atoms with van der Waals surface area (Å²) in [5, 5.41) is 3.09. The summed E-state index contributed by atoms with van der Waals surface area (Å²) in [5.41, 5.74) is 0. The maximum atomic E-state index is 11.9. The molecule has 4 heteroatoms. The molecule has 0 aliphatic carbocycles. The van der Waals surface area contributed by atoms with Crippen LogP contribution in [0.5, 0.6) is 0 Å². The number of amides is 1. The second-order valence-electron chi connectivity index (χ2n) is 4.47. The van der Waals surface area contributed by atoms with Crippen molar-refractivity contribution >= 4 is 17.7 Å². The van der Waals surface area contributed by atoms with Crippen molar-refractivity contribution in [2.45, 2.75) is 25.3 Å². The van der Waals surface area contributed by atoms with Gasteiger partial charge in [0.15, 0.2) is 0 Å². The largest absolute Gasteiger partial charge is 0.341 e.